The number of aliphatic imine (C=N–C) groups is 1. The summed E-state index contributed by atoms with van der Waals surface area (Å²) in [5.41, 5.74) is 0.303. The Bertz CT molecular complexity index is 729. The van der Waals surface area contributed by atoms with E-state index < -0.39 is 6.04 Å². The fourth-order valence-electron chi connectivity index (χ4n) is 3.23. The van der Waals surface area contributed by atoms with E-state index in [1.54, 1.807) is 0 Å². The molecule has 1 aliphatic heterocycles. The largest absolute Gasteiger partial charge is 0.479 e. The van der Waals surface area contributed by atoms with Crippen LogP contribution < -0.4 is 10.6 Å². The van der Waals surface area contributed by atoms with Crippen LogP contribution in [0.25, 0.3) is 0 Å². The lowest BCUT2D eigenvalue weighted by molar-refractivity contribution is 0.286. The maximum Gasteiger partial charge on any atom is 0.184 e. The molecule has 2 aromatic carbocycles. The van der Waals surface area contributed by atoms with Crippen molar-refractivity contribution in [2.75, 3.05) is 6.61 Å². The molecule has 0 amide bonds. The molecular weight excluding hydrogens is 345 g/mol. The number of hydrogen-bond acceptors (Lipinski definition) is 3. The highest BCUT2D eigenvalue weighted by Crippen LogP contribution is 2.50. The monoisotopic (exact) mass is 371 g/mol. The van der Waals surface area contributed by atoms with Crippen molar-refractivity contribution in [3.63, 3.8) is 0 Å². The molecule has 0 N–H and O–H groups in total. The van der Waals surface area contributed by atoms with Gasteiger partial charge >= 0.3 is 0 Å². The van der Waals surface area contributed by atoms with E-state index in [2.05, 4.69) is 81.4 Å². The van der Waals surface area contributed by atoms with Gasteiger partial charge in [0, 0.05) is 18.1 Å². The Morgan fingerprint density at radius 1 is 1.00 bits per heavy atom. The van der Waals surface area contributed by atoms with Gasteiger partial charge in [0.25, 0.3) is 0 Å². The average molecular weight is 371 g/mol. The van der Waals surface area contributed by atoms with Crippen molar-refractivity contribution in [2.24, 2.45) is 10.9 Å². The molecule has 2 nitrogen and oxygen atoms in total. The highest BCUT2D eigenvalue weighted by molar-refractivity contribution is 8.22. The molecule has 132 valence electrons. The van der Waals surface area contributed by atoms with Gasteiger partial charge in [0.2, 0.25) is 0 Å². The van der Waals surface area contributed by atoms with Crippen molar-refractivity contribution in [3.8, 4) is 0 Å². The summed E-state index contributed by atoms with van der Waals surface area (Å²) in [7, 11) is 0. The Labute approximate surface area is 156 Å². The number of nitrogens with zero attached hydrogens (tertiary/aromatic N) is 1. The summed E-state index contributed by atoms with van der Waals surface area (Å²) >= 11 is 6.37. The second-order valence-corrected chi connectivity index (χ2v) is 12.0. The van der Waals surface area contributed by atoms with Crippen molar-refractivity contribution in [1.82, 2.24) is 0 Å². The molecule has 0 unspecified atom stereocenters. The van der Waals surface area contributed by atoms with Gasteiger partial charge in [-0.15, -0.1) is 0 Å². The maximum absolute atomic E-state index is 6.37. The first-order valence-electron chi connectivity index (χ1n) is 8.92. The van der Waals surface area contributed by atoms with Crippen molar-refractivity contribution in [3.05, 3.63) is 60.7 Å². The van der Waals surface area contributed by atoms with E-state index in [-0.39, 0.29) is 6.04 Å². The highest BCUT2D eigenvalue weighted by Gasteiger charge is 2.32. The molecule has 2 atom stereocenters. The highest BCUT2D eigenvalue weighted by atomic mass is 32.4. The van der Waals surface area contributed by atoms with Crippen LogP contribution in [0.5, 0.6) is 0 Å². The van der Waals surface area contributed by atoms with Gasteiger partial charge < -0.3 is 4.74 Å². The maximum atomic E-state index is 6.37. The summed E-state index contributed by atoms with van der Waals surface area (Å²) in [5.74, 6) is 1.39. The van der Waals surface area contributed by atoms with E-state index >= 15 is 0 Å². The smallest absolute Gasteiger partial charge is 0.184 e. The van der Waals surface area contributed by atoms with Gasteiger partial charge in [-0.05, 0) is 16.5 Å². The molecule has 4 heteroatoms. The Morgan fingerprint density at radius 2 is 1.52 bits per heavy atom. The number of ether oxygens (including phenoxy) is 1. The van der Waals surface area contributed by atoms with Crippen LogP contribution in [0.3, 0.4) is 0 Å². The SMILES string of the molecule is CC(C)[C@H]1COC(C[C@H](C)P(=S)(c2ccccc2)c2ccccc2)=N1. The van der Waals surface area contributed by atoms with Crippen molar-refractivity contribution in [1.29, 1.82) is 0 Å². The predicted molar refractivity (Wildman–Crippen MR) is 113 cm³/mol. The zero-order valence-corrected chi connectivity index (χ0v) is 16.8. The zero-order chi connectivity index (χ0) is 17.9. The number of rotatable bonds is 6. The number of hydrogen-bond donors (Lipinski definition) is 0. The third-order valence-corrected chi connectivity index (χ3v) is 10.8. The molecule has 0 fully saturated rings. The average Bonchev–Trinajstić information content (AvgIpc) is 3.11. The van der Waals surface area contributed by atoms with E-state index in [1.165, 1.54) is 10.6 Å². The molecule has 1 heterocycles. The first-order valence-corrected chi connectivity index (χ1v) is 11.8. The minimum Gasteiger partial charge on any atom is -0.479 e. The van der Waals surface area contributed by atoms with Crippen molar-refractivity contribution < 1.29 is 4.74 Å². The topological polar surface area (TPSA) is 21.6 Å². The summed E-state index contributed by atoms with van der Waals surface area (Å²) in [6, 6.07) is 19.5. The third-order valence-electron chi connectivity index (χ3n) is 4.87. The molecule has 0 radical (unpaired) electrons. The normalized spacial score (nSPS) is 18.7. The van der Waals surface area contributed by atoms with E-state index in [9.17, 15) is 0 Å². The Hall–Kier alpha value is -1.44. The molecule has 0 saturated carbocycles. The van der Waals surface area contributed by atoms with Gasteiger partial charge in [-0.3, -0.25) is 0 Å². The van der Waals surface area contributed by atoms with Crippen LogP contribution in [0.1, 0.15) is 27.2 Å². The van der Waals surface area contributed by atoms with E-state index in [0.29, 0.717) is 18.2 Å². The molecule has 0 saturated heterocycles. The molecular formula is C21H26NOPS. The van der Waals surface area contributed by atoms with E-state index in [4.69, 9.17) is 21.5 Å². The second-order valence-electron chi connectivity index (χ2n) is 7.03. The molecule has 3 rings (SSSR count). The van der Waals surface area contributed by atoms with Gasteiger partial charge in [0.05, 0.1) is 6.04 Å². The predicted octanol–water partition coefficient (Wildman–Crippen LogP) is 4.35. The first-order chi connectivity index (χ1) is 12.0. The van der Waals surface area contributed by atoms with Gasteiger partial charge in [-0.1, -0.05) is 93.2 Å². The van der Waals surface area contributed by atoms with E-state index in [1.807, 2.05) is 0 Å². The Kier molecular flexibility index (Phi) is 5.76. The first kappa shape index (κ1) is 18.4. The second kappa shape index (κ2) is 7.85. The van der Waals surface area contributed by atoms with Crippen molar-refractivity contribution >= 4 is 34.4 Å². The molecule has 0 aromatic heterocycles. The quantitative estimate of drug-likeness (QED) is 0.704. The van der Waals surface area contributed by atoms with Crippen LogP contribution >= 0.6 is 6.04 Å². The van der Waals surface area contributed by atoms with Gasteiger partial charge in [0.15, 0.2) is 5.90 Å². The Balaban J connectivity index is 1.93. The lowest BCUT2D eigenvalue weighted by Gasteiger charge is -2.29. The van der Waals surface area contributed by atoms with Gasteiger partial charge in [-0.25, -0.2) is 4.99 Å². The van der Waals surface area contributed by atoms with Crippen LogP contribution in [0.15, 0.2) is 65.7 Å². The van der Waals surface area contributed by atoms with Crippen LogP contribution in [-0.2, 0) is 16.5 Å². The van der Waals surface area contributed by atoms with Crippen molar-refractivity contribution in [2.45, 2.75) is 38.9 Å². The molecule has 0 aliphatic carbocycles. The molecule has 25 heavy (non-hydrogen) atoms. The summed E-state index contributed by atoms with van der Waals surface area (Å²) in [5, 5.41) is 2.53. The fraction of sp³-hybridized carbons (Fsp3) is 0.381. The summed E-state index contributed by atoms with van der Waals surface area (Å²) in [4.78, 5) is 4.79. The summed E-state index contributed by atoms with van der Waals surface area (Å²) in [6.45, 7) is 7.36. The summed E-state index contributed by atoms with van der Waals surface area (Å²) < 4.78 is 5.89. The molecule has 2 aromatic rings. The lowest BCUT2D eigenvalue weighted by Crippen LogP contribution is -2.25. The lowest BCUT2D eigenvalue weighted by atomic mass is 10.1. The van der Waals surface area contributed by atoms with Gasteiger partial charge in [-0.2, -0.15) is 0 Å². The standard InChI is InChI=1S/C21H26NOPS/c1-16(2)20-15-23-21(22-20)14-17(3)24(25,18-10-6-4-7-11-18)19-12-8-5-9-13-19/h4-13,16-17,20H,14-15H2,1-3H3/t17-,20+/m0/s1. The molecule has 0 bridgehead atoms. The van der Waals surface area contributed by atoms with E-state index in [0.717, 1.165) is 12.3 Å². The minimum absolute atomic E-state index is 0.286. The van der Waals surface area contributed by atoms with Crippen LogP contribution in [0.4, 0.5) is 0 Å². The summed E-state index contributed by atoms with van der Waals surface area (Å²) in [6.07, 6.45) is 0.810. The molecule has 1 aliphatic rings. The van der Waals surface area contributed by atoms with Crippen LogP contribution in [0.2, 0.25) is 0 Å². The number of benzene rings is 2. The van der Waals surface area contributed by atoms with Gasteiger partial charge in [0.1, 0.15) is 6.61 Å². The third kappa shape index (κ3) is 3.88. The zero-order valence-electron chi connectivity index (χ0n) is 15.1. The fourth-order valence-corrected chi connectivity index (χ4v) is 7.15. The Morgan fingerprint density at radius 3 is 1.96 bits per heavy atom. The van der Waals surface area contributed by atoms with Crippen LogP contribution in [-0.4, -0.2) is 24.2 Å². The minimum atomic E-state index is -1.94. The molecule has 0 spiro atoms. The van der Waals surface area contributed by atoms with Crippen LogP contribution in [0, 0.1) is 5.92 Å².